The van der Waals surface area contributed by atoms with Gasteiger partial charge in [-0.25, -0.2) is 0 Å². The number of hydrogen-bond acceptors (Lipinski definition) is 5. The number of nitro groups is 1. The fourth-order valence-corrected chi connectivity index (χ4v) is 5.68. The van der Waals surface area contributed by atoms with Crippen LogP contribution < -0.4 is 0 Å². The number of nitro benzene ring substituents is 1. The molecule has 13 heavy (non-hydrogen) atoms. The molecule has 0 aliphatic carbocycles. The van der Waals surface area contributed by atoms with Crippen LogP contribution in [0.4, 0.5) is 5.69 Å². The average molecular weight is 252 g/mol. The van der Waals surface area contributed by atoms with Crippen LogP contribution in [0.25, 0.3) is 0 Å². The second-order valence-electron chi connectivity index (χ2n) is 2.24. The first-order valence-electron chi connectivity index (χ1n) is 3.17. The van der Waals surface area contributed by atoms with E-state index in [1.54, 1.807) is 6.07 Å². The molecular weight excluding hydrogens is 250 g/mol. The van der Waals surface area contributed by atoms with Gasteiger partial charge in [0.05, 0.1) is 4.92 Å². The minimum absolute atomic E-state index is 0.102. The first-order valence-corrected chi connectivity index (χ1v) is 7.04. The fraction of sp³-hybridized carbons (Fsp3) is 0. The molecule has 0 N–H and O–H groups in total. The van der Waals surface area contributed by atoms with E-state index < -0.39 is 4.92 Å². The van der Waals surface area contributed by atoms with Gasteiger partial charge in [-0.15, -0.1) is 0 Å². The zero-order chi connectivity index (χ0) is 9.42. The predicted molar refractivity (Wildman–Crippen MR) is 57.4 cm³/mol. The highest BCUT2D eigenvalue weighted by molar-refractivity contribution is 9.10. The zero-order valence-electron chi connectivity index (χ0n) is 6.02. The van der Waals surface area contributed by atoms with Crippen LogP contribution in [-0.4, -0.2) is 4.92 Å². The van der Waals surface area contributed by atoms with Crippen LogP contribution in [0, 0.1) is 10.1 Å². The molecule has 1 aromatic rings. The third kappa shape index (κ3) is 1.76. The van der Waals surface area contributed by atoms with Crippen molar-refractivity contribution in [2.24, 2.45) is 0 Å². The molecule has 0 saturated heterocycles. The Kier molecular flexibility index (Phi) is 2.64. The van der Waals surface area contributed by atoms with Gasteiger partial charge < -0.3 is 0 Å². The standard InChI is InChI=1S/C6H2ClNO2S3/c7-3-1-4(8(9)10)6-5(2-3)11-13-12-6/h1-2H. The molecule has 1 aliphatic heterocycles. The van der Waals surface area contributed by atoms with Gasteiger partial charge in [0.15, 0.2) is 0 Å². The highest BCUT2D eigenvalue weighted by atomic mass is 35.5. The summed E-state index contributed by atoms with van der Waals surface area (Å²) in [6.45, 7) is 0. The summed E-state index contributed by atoms with van der Waals surface area (Å²) >= 11 is 5.74. The summed E-state index contributed by atoms with van der Waals surface area (Å²) in [5, 5.41) is 11.0. The van der Waals surface area contributed by atoms with Crippen molar-refractivity contribution in [3.05, 3.63) is 27.3 Å². The highest BCUT2D eigenvalue weighted by Crippen LogP contribution is 2.58. The monoisotopic (exact) mass is 251 g/mol. The lowest BCUT2D eigenvalue weighted by atomic mass is 10.3. The van der Waals surface area contributed by atoms with E-state index >= 15 is 0 Å². The van der Waals surface area contributed by atoms with Crippen LogP contribution in [0.3, 0.4) is 0 Å². The van der Waals surface area contributed by atoms with Crippen LogP contribution >= 0.6 is 43.0 Å². The first-order chi connectivity index (χ1) is 6.18. The first kappa shape index (κ1) is 9.51. The number of rotatable bonds is 1. The molecule has 7 heteroatoms. The molecule has 0 bridgehead atoms. The van der Waals surface area contributed by atoms with Gasteiger partial charge in [-0.05, 0) is 37.5 Å². The van der Waals surface area contributed by atoms with Crippen molar-refractivity contribution in [3.63, 3.8) is 0 Å². The van der Waals surface area contributed by atoms with Gasteiger partial charge >= 0.3 is 0 Å². The Labute approximate surface area is 90.6 Å². The van der Waals surface area contributed by atoms with Gasteiger partial charge in [-0.1, -0.05) is 11.6 Å². The summed E-state index contributed by atoms with van der Waals surface area (Å²) in [4.78, 5) is 11.8. The summed E-state index contributed by atoms with van der Waals surface area (Å²) < 4.78 is 0. The Hall–Kier alpha value is -0.0400. The van der Waals surface area contributed by atoms with Crippen LogP contribution in [0.15, 0.2) is 21.9 Å². The minimum atomic E-state index is -0.399. The summed E-state index contributed by atoms with van der Waals surface area (Å²) in [5.41, 5.74) is 0.102. The van der Waals surface area contributed by atoms with E-state index in [1.807, 2.05) is 0 Å². The Morgan fingerprint density at radius 1 is 1.38 bits per heavy atom. The molecule has 68 valence electrons. The molecule has 3 nitrogen and oxygen atoms in total. The Morgan fingerprint density at radius 3 is 2.85 bits per heavy atom. The quantitative estimate of drug-likeness (QED) is 0.429. The number of benzene rings is 1. The Bertz CT molecular complexity index is 384. The molecule has 0 atom stereocenters. The molecule has 0 saturated carbocycles. The summed E-state index contributed by atoms with van der Waals surface area (Å²) in [6, 6.07) is 3.14. The lowest BCUT2D eigenvalue weighted by Gasteiger charge is -1.98. The van der Waals surface area contributed by atoms with Crippen LogP contribution in [0.5, 0.6) is 0 Å². The minimum Gasteiger partial charge on any atom is -0.258 e. The SMILES string of the molecule is O=[N+]([O-])c1cc(Cl)cc2c1SSS2. The van der Waals surface area contributed by atoms with Crippen molar-refractivity contribution in [2.45, 2.75) is 9.79 Å². The van der Waals surface area contributed by atoms with Crippen molar-refractivity contribution in [2.75, 3.05) is 0 Å². The van der Waals surface area contributed by atoms with Crippen molar-refractivity contribution in [1.29, 1.82) is 0 Å². The molecular formula is C6H2ClNO2S3. The molecule has 0 amide bonds. The Morgan fingerprint density at radius 2 is 2.15 bits per heavy atom. The molecule has 0 fully saturated rings. The van der Waals surface area contributed by atoms with Crippen molar-refractivity contribution in [1.82, 2.24) is 0 Å². The molecule has 2 rings (SSSR count). The third-order valence-electron chi connectivity index (χ3n) is 1.44. The highest BCUT2D eigenvalue weighted by Gasteiger charge is 2.25. The topological polar surface area (TPSA) is 43.1 Å². The summed E-state index contributed by atoms with van der Waals surface area (Å²) in [5.74, 6) is 0. The van der Waals surface area contributed by atoms with E-state index in [0.717, 1.165) is 4.90 Å². The van der Waals surface area contributed by atoms with Crippen molar-refractivity contribution < 1.29 is 4.92 Å². The van der Waals surface area contributed by atoms with E-state index in [4.69, 9.17) is 11.6 Å². The lowest BCUT2D eigenvalue weighted by Crippen LogP contribution is -1.90. The van der Waals surface area contributed by atoms with Crippen molar-refractivity contribution >= 4 is 48.7 Å². The molecule has 0 radical (unpaired) electrons. The maximum absolute atomic E-state index is 10.6. The van der Waals surface area contributed by atoms with E-state index in [9.17, 15) is 10.1 Å². The summed E-state index contributed by atoms with van der Waals surface area (Å²) in [6.07, 6.45) is 0. The molecule has 1 aliphatic rings. The Balaban J connectivity index is 2.62. The van der Waals surface area contributed by atoms with Crippen LogP contribution in [-0.2, 0) is 0 Å². The van der Waals surface area contributed by atoms with Crippen LogP contribution in [0.1, 0.15) is 0 Å². The maximum Gasteiger partial charge on any atom is 0.286 e. The van der Waals surface area contributed by atoms with Gasteiger partial charge in [-0.3, -0.25) is 10.1 Å². The molecule has 0 aromatic heterocycles. The van der Waals surface area contributed by atoms with Crippen molar-refractivity contribution in [3.8, 4) is 0 Å². The average Bonchev–Trinajstić information content (AvgIpc) is 2.49. The fourth-order valence-electron chi connectivity index (χ4n) is 0.924. The van der Waals surface area contributed by atoms with Gasteiger partial charge in [0.2, 0.25) is 0 Å². The summed E-state index contributed by atoms with van der Waals surface area (Å²) in [7, 11) is 4.43. The second-order valence-corrected chi connectivity index (χ2v) is 6.63. The van der Waals surface area contributed by atoms with Gasteiger partial charge in [0, 0.05) is 16.0 Å². The smallest absolute Gasteiger partial charge is 0.258 e. The number of nitrogens with zero attached hydrogens (tertiary/aromatic N) is 1. The third-order valence-corrected chi connectivity index (χ3v) is 5.69. The molecule has 0 unspecified atom stereocenters. The van der Waals surface area contributed by atoms with Crippen LogP contribution in [0.2, 0.25) is 5.02 Å². The largest absolute Gasteiger partial charge is 0.286 e. The number of hydrogen-bond donors (Lipinski definition) is 0. The van der Waals surface area contributed by atoms with Gasteiger partial charge in [-0.2, -0.15) is 0 Å². The zero-order valence-corrected chi connectivity index (χ0v) is 9.23. The lowest BCUT2D eigenvalue weighted by molar-refractivity contribution is -0.388. The van der Waals surface area contributed by atoms with E-state index in [0.29, 0.717) is 9.92 Å². The maximum atomic E-state index is 10.6. The second kappa shape index (κ2) is 3.61. The number of fused-ring (bicyclic) bond motifs is 1. The molecule has 1 aromatic carbocycles. The van der Waals surface area contributed by atoms with E-state index in [1.165, 1.54) is 37.5 Å². The van der Waals surface area contributed by atoms with E-state index in [2.05, 4.69) is 0 Å². The number of halogens is 1. The predicted octanol–water partition coefficient (Wildman–Crippen LogP) is 4.01. The normalized spacial score (nSPS) is 14.2. The molecule has 1 heterocycles. The van der Waals surface area contributed by atoms with Gasteiger partial charge in [0.25, 0.3) is 5.69 Å². The van der Waals surface area contributed by atoms with E-state index in [-0.39, 0.29) is 5.69 Å². The van der Waals surface area contributed by atoms with Gasteiger partial charge in [0.1, 0.15) is 4.90 Å². The molecule has 0 spiro atoms.